The van der Waals surface area contributed by atoms with E-state index >= 15 is 0 Å². The summed E-state index contributed by atoms with van der Waals surface area (Å²) < 4.78 is 32.5. The van der Waals surface area contributed by atoms with E-state index in [0.717, 1.165) is 5.56 Å². The molecule has 1 unspecified atom stereocenters. The molecule has 2 aromatic carbocycles. The van der Waals surface area contributed by atoms with E-state index in [1.165, 1.54) is 22.5 Å². The minimum atomic E-state index is -3.81. The van der Waals surface area contributed by atoms with Gasteiger partial charge >= 0.3 is 5.76 Å². The van der Waals surface area contributed by atoms with Gasteiger partial charge in [-0.1, -0.05) is 23.7 Å². The fraction of sp³-hybridized carbons (Fsp3) is 0.333. The zero-order chi connectivity index (χ0) is 22.0. The Balaban J connectivity index is 1.39. The minimum absolute atomic E-state index is 0.0338. The van der Waals surface area contributed by atoms with Crippen molar-refractivity contribution in [3.8, 4) is 0 Å². The van der Waals surface area contributed by atoms with Crippen LogP contribution >= 0.6 is 11.6 Å². The predicted octanol–water partition coefficient (Wildman–Crippen LogP) is 2.53. The van der Waals surface area contributed by atoms with Gasteiger partial charge in [-0.15, -0.1) is 0 Å². The first kappa shape index (κ1) is 21.6. The maximum atomic E-state index is 13.1. The molecular weight excluding hydrogens is 442 g/mol. The number of carbonyl (C=O) groups excluding carboxylic acids is 1. The topological polar surface area (TPSA) is 112 Å². The molecule has 4 rings (SSSR count). The summed E-state index contributed by atoms with van der Waals surface area (Å²) in [7, 11) is -3.81. The monoisotopic (exact) mass is 463 g/mol. The van der Waals surface area contributed by atoms with Gasteiger partial charge in [-0.2, -0.15) is 4.31 Å². The number of carbonyl (C=O) groups is 1. The second-order valence-electron chi connectivity index (χ2n) is 7.54. The van der Waals surface area contributed by atoms with Crippen LogP contribution in [-0.4, -0.2) is 43.2 Å². The van der Waals surface area contributed by atoms with E-state index in [4.69, 9.17) is 16.0 Å². The molecule has 0 spiro atoms. The van der Waals surface area contributed by atoms with E-state index in [1.54, 1.807) is 12.1 Å². The number of halogens is 1. The van der Waals surface area contributed by atoms with Crippen molar-refractivity contribution in [2.45, 2.75) is 24.2 Å². The first-order chi connectivity index (χ1) is 14.8. The van der Waals surface area contributed by atoms with Crippen molar-refractivity contribution < 1.29 is 17.6 Å². The number of H-pyrrole nitrogens is 1. The van der Waals surface area contributed by atoms with Crippen molar-refractivity contribution in [3.05, 3.63) is 63.6 Å². The van der Waals surface area contributed by atoms with Gasteiger partial charge in [0.2, 0.25) is 15.9 Å². The van der Waals surface area contributed by atoms with Gasteiger partial charge in [0.1, 0.15) is 0 Å². The Morgan fingerprint density at radius 2 is 2.00 bits per heavy atom. The quantitative estimate of drug-likeness (QED) is 0.583. The summed E-state index contributed by atoms with van der Waals surface area (Å²) in [6.45, 7) is 0.920. The van der Waals surface area contributed by atoms with Crippen LogP contribution in [0.25, 0.3) is 11.1 Å². The third-order valence-corrected chi connectivity index (χ3v) is 7.52. The average molecular weight is 464 g/mol. The molecule has 0 radical (unpaired) electrons. The van der Waals surface area contributed by atoms with Crippen LogP contribution in [0.3, 0.4) is 0 Å². The number of fused-ring (bicyclic) bond motifs is 1. The average Bonchev–Trinajstić information content (AvgIpc) is 3.14. The van der Waals surface area contributed by atoms with Crippen molar-refractivity contribution in [3.63, 3.8) is 0 Å². The fourth-order valence-electron chi connectivity index (χ4n) is 3.74. The van der Waals surface area contributed by atoms with Gasteiger partial charge in [0.15, 0.2) is 5.58 Å². The highest BCUT2D eigenvalue weighted by Gasteiger charge is 2.33. The zero-order valence-corrected chi connectivity index (χ0v) is 18.2. The molecular formula is C21H22ClN3O5S. The Morgan fingerprint density at radius 3 is 2.77 bits per heavy atom. The summed E-state index contributed by atoms with van der Waals surface area (Å²) in [5, 5.41) is 3.57. The Labute approximate surface area is 184 Å². The lowest BCUT2D eigenvalue weighted by atomic mass is 9.99. The summed E-state index contributed by atoms with van der Waals surface area (Å²) in [6.07, 6.45) is 1.89. The number of nitrogens with zero attached hydrogens (tertiary/aromatic N) is 1. The first-order valence-corrected chi connectivity index (χ1v) is 11.8. The number of aromatic nitrogens is 1. The zero-order valence-electron chi connectivity index (χ0n) is 16.6. The van der Waals surface area contributed by atoms with Crippen LogP contribution in [0.2, 0.25) is 5.02 Å². The van der Waals surface area contributed by atoms with Crippen LogP contribution in [0.15, 0.2) is 56.6 Å². The highest BCUT2D eigenvalue weighted by atomic mass is 35.5. The largest absolute Gasteiger partial charge is 0.417 e. The number of rotatable bonds is 6. The molecule has 1 aliphatic rings. The summed E-state index contributed by atoms with van der Waals surface area (Å²) in [6, 6.07) is 11.7. The lowest BCUT2D eigenvalue weighted by Crippen LogP contribution is -2.45. The van der Waals surface area contributed by atoms with E-state index in [9.17, 15) is 18.0 Å². The number of amides is 1. The van der Waals surface area contributed by atoms with Gasteiger partial charge in [0.05, 0.1) is 16.3 Å². The lowest BCUT2D eigenvalue weighted by molar-refractivity contribution is -0.126. The SMILES string of the molecule is O=C(NCCc1ccc(Cl)cc1)C1CCCN(S(=O)(=O)c2ccc3[nH]c(=O)oc3c2)C1. The molecule has 0 saturated carbocycles. The number of nitrogens with one attached hydrogen (secondary N) is 2. The molecule has 8 nitrogen and oxygen atoms in total. The van der Waals surface area contributed by atoms with Crippen molar-refractivity contribution in [2.75, 3.05) is 19.6 Å². The molecule has 2 heterocycles. The van der Waals surface area contributed by atoms with Crippen LogP contribution in [-0.2, 0) is 21.2 Å². The van der Waals surface area contributed by atoms with E-state index in [0.29, 0.717) is 42.9 Å². The van der Waals surface area contributed by atoms with Gasteiger partial charge in [0.25, 0.3) is 0 Å². The molecule has 10 heteroatoms. The molecule has 3 aromatic rings. The summed E-state index contributed by atoms with van der Waals surface area (Å²) in [5.74, 6) is -1.21. The summed E-state index contributed by atoms with van der Waals surface area (Å²) in [5.41, 5.74) is 1.67. The molecule has 1 atom stereocenters. The van der Waals surface area contributed by atoms with Gasteiger partial charge in [-0.25, -0.2) is 13.2 Å². The molecule has 0 bridgehead atoms. The minimum Gasteiger partial charge on any atom is -0.408 e. The smallest absolute Gasteiger partial charge is 0.408 e. The Morgan fingerprint density at radius 1 is 1.23 bits per heavy atom. The molecule has 0 aliphatic carbocycles. The first-order valence-electron chi connectivity index (χ1n) is 9.98. The number of aromatic amines is 1. The van der Waals surface area contributed by atoms with Gasteiger partial charge in [-0.05, 0) is 49.1 Å². The predicted molar refractivity (Wildman–Crippen MR) is 116 cm³/mol. The van der Waals surface area contributed by atoms with E-state index in [2.05, 4.69) is 10.3 Å². The molecule has 1 amide bonds. The molecule has 164 valence electrons. The van der Waals surface area contributed by atoms with Crippen LogP contribution in [0.5, 0.6) is 0 Å². The van der Waals surface area contributed by atoms with Crippen LogP contribution in [0.1, 0.15) is 18.4 Å². The molecule has 1 saturated heterocycles. The van der Waals surface area contributed by atoms with E-state index < -0.39 is 21.7 Å². The highest BCUT2D eigenvalue weighted by Crippen LogP contribution is 2.25. The fourth-order valence-corrected chi connectivity index (χ4v) is 5.40. The molecule has 1 aliphatic heterocycles. The number of oxazole rings is 1. The van der Waals surface area contributed by atoms with Crippen LogP contribution < -0.4 is 11.1 Å². The van der Waals surface area contributed by atoms with Crippen molar-refractivity contribution >= 4 is 38.6 Å². The molecule has 2 N–H and O–H groups in total. The summed E-state index contributed by atoms with van der Waals surface area (Å²) >= 11 is 5.88. The van der Waals surface area contributed by atoms with Crippen molar-refractivity contribution in [1.82, 2.24) is 14.6 Å². The number of hydrogen-bond acceptors (Lipinski definition) is 5. The highest BCUT2D eigenvalue weighted by molar-refractivity contribution is 7.89. The summed E-state index contributed by atoms with van der Waals surface area (Å²) in [4.78, 5) is 26.5. The number of benzene rings is 2. The Bertz CT molecular complexity index is 1250. The lowest BCUT2D eigenvalue weighted by Gasteiger charge is -2.31. The van der Waals surface area contributed by atoms with Crippen molar-refractivity contribution in [1.29, 1.82) is 0 Å². The third-order valence-electron chi connectivity index (χ3n) is 5.41. The maximum Gasteiger partial charge on any atom is 0.417 e. The molecule has 1 aromatic heterocycles. The molecule has 1 fully saturated rings. The second kappa shape index (κ2) is 8.86. The van der Waals surface area contributed by atoms with Gasteiger partial charge < -0.3 is 9.73 Å². The number of hydrogen-bond donors (Lipinski definition) is 2. The van der Waals surface area contributed by atoms with E-state index in [-0.39, 0.29) is 22.9 Å². The van der Waals surface area contributed by atoms with Crippen molar-refractivity contribution in [2.24, 2.45) is 5.92 Å². The molecule has 31 heavy (non-hydrogen) atoms. The standard InChI is InChI=1S/C21H22ClN3O5S/c22-16-5-3-14(4-6-16)9-10-23-20(26)15-2-1-11-25(13-15)31(28,29)17-7-8-18-19(12-17)30-21(27)24-18/h3-8,12,15H,1-2,9-11,13H2,(H,23,26)(H,24,27). The Hall–Kier alpha value is -2.62. The van der Waals surface area contributed by atoms with Gasteiger partial charge in [-0.3, -0.25) is 9.78 Å². The Kier molecular flexibility index (Phi) is 6.17. The van der Waals surface area contributed by atoms with Crippen LogP contribution in [0.4, 0.5) is 0 Å². The third kappa shape index (κ3) is 4.84. The van der Waals surface area contributed by atoms with E-state index in [1.807, 2.05) is 12.1 Å². The second-order valence-corrected chi connectivity index (χ2v) is 9.92. The maximum absolute atomic E-state index is 13.1. The number of piperidine rings is 1. The number of sulfonamides is 1. The normalized spacial score (nSPS) is 17.6. The van der Waals surface area contributed by atoms with Crippen LogP contribution in [0, 0.1) is 5.92 Å². The van der Waals surface area contributed by atoms with Gasteiger partial charge in [0, 0.05) is 30.7 Å².